The third kappa shape index (κ3) is 2.47. The molecular weight excluding hydrogens is 196 g/mol. The van der Waals surface area contributed by atoms with E-state index in [1.807, 2.05) is 18.7 Å². The molecule has 0 aromatic heterocycles. The Balaban J connectivity index is 2.86. The van der Waals surface area contributed by atoms with Gasteiger partial charge in [-0.05, 0) is 13.5 Å². The number of carbonyl (C=O) groups excluding carboxylic acids is 1. The average molecular weight is 214 g/mol. The Morgan fingerprint density at radius 3 is 2.60 bits per heavy atom. The highest BCUT2D eigenvalue weighted by Gasteiger charge is 2.33. The fourth-order valence-corrected chi connectivity index (χ4v) is 1.95. The maximum absolute atomic E-state index is 11.8. The zero-order valence-electron chi connectivity index (χ0n) is 9.43. The van der Waals surface area contributed by atoms with Gasteiger partial charge in [0.05, 0.1) is 12.0 Å². The van der Waals surface area contributed by atoms with Crippen LogP contribution < -0.4 is 0 Å². The summed E-state index contributed by atoms with van der Waals surface area (Å²) in [7, 11) is 1.66. The number of nitrogens with zero attached hydrogens (tertiary/aromatic N) is 2. The fraction of sp³-hybridized carbons (Fsp3) is 0.800. The molecule has 0 spiro atoms. The number of hydrogen-bond donors (Lipinski definition) is 1. The summed E-state index contributed by atoms with van der Waals surface area (Å²) in [6, 6.07) is -0.218. The van der Waals surface area contributed by atoms with Gasteiger partial charge in [-0.15, -0.1) is 0 Å². The second-order valence-electron chi connectivity index (χ2n) is 4.02. The van der Waals surface area contributed by atoms with Gasteiger partial charge < -0.3 is 10.0 Å². The maximum Gasteiger partial charge on any atom is 0.309 e. The van der Waals surface area contributed by atoms with Gasteiger partial charge in [0, 0.05) is 20.1 Å². The molecular formula is C10H18N2O3. The van der Waals surface area contributed by atoms with E-state index < -0.39 is 11.9 Å². The standard InChI is InChI=1S/C10H18N2O3/c1-4-12-6-8(10(14)15)5-11(3)9(13)7(12)2/h7-8H,4-6H2,1-3H3,(H,14,15). The normalized spacial score (nSPS) is 29.0. The molecule has 0 bridgehead atoms. The Bertz CT molecular complexity index is 267. The summed E-state index contributed by atoms with van der Waals surface area (Å²) in [6.45, 7) is 5.21. The summed E-state index contributed by atoms with van der Waals surface area (Å²) in [5, 5.41) is 9.00. The first-order chi connectivity index (χ1) is 6.97. The summed E-state index contributed by atoms with van der Waals surface area (Å²) in [4.78, 5) is 26.2. The van der Waals surface area contributed by atoms with E-state index in [1.165, 1.54) is 4.90 Å². The highest BCUT2D eigenvalue weighted by Crippen LogP contribution is 2.14. The Kier molecular flexibility index (Phi) is 3.68. The van der Waals surface area contributed by atoms with Crippen molar-refractivity contribution < 1.29 is 14.7 Å². The second kappa shape index (κ2) is 4.61. The van der Waals surface area contributed by atoms with Crippen molar-refractivity contribution in [2.24, 2.45) is 5.92 Å². The molecule has 1 aliphatic rings. The lowest BCUT2D eigenvalue weighted by molar-refractivity contribution is -0.142. The van der Waals surface area contributed by atoms with Gasteiger partial charge in [-0.3, -0.25) is 14.5 Å². The number of aliphatic carboxylic acids is 1. The first-order valence-electron chi connectivity index (χ1n) is 5.19. The van der Waals surface area contributed by atoms with Crippen molar-refractivity contribution in [2.45, 2.75) is 19.9 Å². The van der Waals surface area contributed by atoms with Crippen LogP contribution in [-0.2, 0) is 9.59 Å². The van der Waals surface area contributed by atoms with Crippen LogP contribution in [0.5, 0.6) is 0 Å². The number of carbonyl (C=O) groups is 2. The molecule has 1 saturated heterocycles. The average Bonchev–Trinajstić information content (AvgIpc) is 2.30. The Morgan fingerprint density at radius 2 is 2.13 bits per heavy atom. The van der Waals surface area contributed by atoms with Crippen molar-refractivity contribution >= 4 is 11.9 Å². The van der Waals surface area contributed by atoms with Gasteiger partial charge >= 0.3 is 5.97 Å². The van der Waals surface area contributed by atoms with Gasteiger partial charge in [0.1, 0.15) is 0 Å². The molecule has 2 unspecified atom stereocenters. The summed E-state index contributed by atoms with van der Waals surface area (Å²) >= 11 is 0. The van der Waals surface area contributed by atoms with Crippen LogP contribution in [0.2, 0.25) is 0 Å². The van der Waals surface area contributed by atoms with Crippen molar-refractivity contribution in [2.75, 3.05) is 26.7 Å². The van der Waals surface area contributed by atoms with E-state index in [0.29, 0.717) is 19.6 Å². The van der Waals surface area contributed by atoms with E-state index in [9.17, 15) is 9.59 Å². The van der Waals surface area contributed by atoms with Crippen molar-refractivity contribution in [3.05, 3.63) is 0 Å². The molecule has 0 aromatic carbocycles. The lowest BCUT2D eigenvalue weighted by atomic mass is 10.1. The van der Waals surface area contributed by atoms with Crippen molar-refractivity contribution in [3.8, 4) is 0 Å². The zero-order chi connectivity index (χ0) is 11.6. The van der Waals surface area contributed by atoms with Gasteiger partial charge in [0.25, 0.3) is 0 Å². The monoisotopic (exact) mass is 214 g/mol. The SMILES string of the molecule is CCN1CC(C(=O)O)CN(C)C(=O)C1C. The number of likely N-dealkylation sites (N-methyl/N-ethyl adjacent to an activating group) is 2. The molecule has 86 valence electrons. The molecule has 1 amide bonds. The van der Waals surface area contributed by atoms with Gasteiger partial charge in [-0.2, -0.15) is 0 Å². The molecule has 1 aliphatic heterocycles. The molecule has 1 heterocycles. The first-order valence-corrected chi connectivity index (χ1v) is 5.19. The highest BCUT2D eigenvalue weighted by molar-refractivity contribution is 5.82. The minimum atomic E-state index is -0.831. The number of hydrogen-bond acceptors (Lipinski definition) is 3. The smallest absolute Gasteiger partial charge is 0.309 e. The third-order valence-corrected chi connectivity index (χ3v) is 2.99. The summed E-state index contributed by atoms with van der Waals surface area (Å²) in [5.41, 5.74) is 0. The van der Waals surface area contributed by atoms with E-state index in [-0.39, 0.29) is 11.9 Å². The molecule has 0 aromatic rings. The van der Waals surface area contributed by atoms with Gasteiger partial charge in [0.2, 0.25) is 5.91 Å². The lowest BCUT2D eigenvalue weighted by Gasteiger charge is -2.25. The molecule has 1 N–H and O–H groups in total. The summed E-state index contributed by atoms with van der Waals surface area (Å²) in [6.07, 6.45) is 0. The molecule has 15 heavy (non-hydrogen) atoms. The van der Waals surface area contributed by atoms with E-state index in [0.717, 1.165) is 0 Å². The third-order valence-electron chi connectivity index (χ3n) is 2.99. The van der Waals surface area contributed by atoms with Gasteiger partial charge in [-0.1, -0.05) is 6.92 Å². The zero-order valence-corrected chi connectivity index (χ0v) is 9.43. The lowest BCUT2D eigenvalue weighted by Crippen LogP contribution is -2.42. The first kappa shape index (κ1) is 12.0. The van der Waals surface area contributed by atoms with Crippen molar-refractivity contribution in [1.82, 2.24) is 9.80 Å². The number of rotatable bonds is 2. The van der Waals surface area contributed by atoms with Crippen LogP contribution in [-0.4, -0.2) is 59.5 Å². The minimum Gasteiger partial charge on any atom is -0.481 e. The summed E-state index contributed by atoms with van der Waals surface area (Å²) < 4.78 is 0. The molecule has 2 atom stereocenters. The fourth-order valence-electron chi connectivity index (χ4n) is 1.95. The van der Waals surface area contributed by atoms with Gasteiger partial charge in [0.15, 0.2) is 0 Å². The van der Waals surface area contributed by atoms with E-state index >= 15 is 0 Å². The van der Waals surface area contributed by atoms with E-state index in [2.05, 4.69) is 0 Å². The van der Waals surface area contributed by atoms with E-state index in [4.69, 9.17) is 5.11 Å². The van der Waals surface area contributed by atoms with Crippen molar-refractivity contribution in [3.63, 3.8) is 0 Å². The van der Waals surface area contributed by atoms with Crippen LogP contribution in [0.4, 0.5) is 0 Å². The molecule has 0 radical (unpaired) electrons. The highest BCUT2D eigenvalue weighted by atomic mass is 16.4. The molecule has 0 aliphatic carbocycles. The maximum atomic E-state index is 11.8. The van der Waals surface area contributed by atoms with E-state index in [1.54, 1.807) is 7.05 Å². The quantitative estimate of drug-likeness (QED) is 0.695. The van der Waals surface area contributed by atoms with Crippen LogP contribution in [0.3, 0.4) is 0 Å². The topological polar surface area (TPSA) is 60.9 Å². The van der Waals surface area contributed by atoms with Crippen molar-refractivity contribution in [1.29, 1.82) is 0 Å². The van der Waals surface area contributed by atoms with Gasteiger partial charge in [-0.25, -0.2) is 0 Å². The van der Waals surface area contributed by atoms with Crippen LogP contribution in [0.15, 0.2) is 0 Å². The molecule has 0 saturated carbocycles. The molecule has 1 fully saturated rings. The Labute approximate surface area is 89.7 Å². The van der Waals surface area contributed by atoms with Crippen LogP contribution in [0.25, 0.3) is 0 Å². The minimum absolute atomic E-state index is 0.000556. The predicted octanol–water partition coefficient (Wildman–Crippen LogP) is -0.130. The predicted molar refractivity (Wildman–Crippen MR) is 55.5 cm³/mol. The van der Waals surface area contributed by atoms with Crippen LogP contribution >= 0.6 is 0 Å². The second-order valence-corrected chi connectivity index (χ2v) is 4.02. The largest absolute Gasteiger partial charge is 0.481 e. The Morgan fingerprint density at radius 1 is 1.53 bits per heavy atom. The summed E-state index contributed by atoms with van der Waals surface area (Å²) in [5.74, 6) is -1.31. The molecule has 5 heteroatoms. The molecule has 1 rings (SSSR count). The molecule has 5 nitrogen and oxygen atoms in total. The number of carboxylic acids is 1. The van der Waals surface area contributed by atoms with Crippen LogP contribution in [0, 0.1) is 5.92 Å². The number of amides is 1. The number of carboxylic acid groups (broad SMARTS) is 1. The van der Waals surface area contributed by atoms with Crippen LogP contribution in [0.1, 0.15) is 13.8 Å². The Hall–Kier alpha value is -1.10.